The predicted molar refractivity (Wildman–Crippen MR) is 54.7 cm³/mol. The summed E-state index contributed by atoms with van der Waals surface area (Å²) >= 11 is 3.25. The van der Waals surface area contributed by atoms with Gasteiger partial charge in [-0.15, -0.1) is 0 Å². The Hall–Kier alpha value is -0.340. The summed E-state index contributed by atoms with van der Waals surface area (Å²) in [5.74, 6) is 0. The molecule has 0 fully saturated rings. The summed E-state index contributed by atoms with van der Waals surface area (Å²) in [6.45, 7) is 4.07. The molecule has 1 aromatic carbocycles. The summed E-state index contributed by atoms with van der Waals surface area (Å²) in [4.78, 5) is 0. The highest BCUT2D eigenvalue weighted by molar-refractivity contribution is 9.09. The first kappa shape index (κ1) is 9.75. The first-order chi connectivity index (χ1) is 5.65. The van der Waals surface area contributed by atoms with Gasteiger partial charge < -0.3 is 5.11 Å². The first-order valence-electron chi connectivity index (χ1n) is 3.96. The second-order valence-corrected chi connectivity index (χ2v) is 3.68. The maximum Gasteiger partial charge on any atom is 0.0889 e. The predicted octanol–water partition coefficient (Wildman–Crippen LogP) is 2.73. The average molecular weight is 229 g/mol. The number of aliphatic hydroxyl groups is 1. The number of rotatable bonds is 2. The van der Waals surface area contributed by atoms with E-state index in [1.54, 1.807) is 0 Å². The number of hydrogen-bond acceptors (Lipinski definition) is 1. The molecular weight excluding hydrogens is 216 g/mol. The zero-order valence-electron chi connectivity index (χ0n) is 7.34. The molecule has 0 amide bonds. The van der Waals surface area contributed by atoms with Gasteiger partial charge in [0.25, 0.3) is 0 Å². The highest BCUT2D eigenvalue weighted by atomic mass is 79.9. The van der Waals surface area contributed by atoms with Crippen LogP contribution in [0, 0.1) is 13.8 Å². The molecule has 2 heteroatoms. The van der Waals surface area contributed by atoms with Crippen LogP contribution in [0.3, 0.4) is 0 Å². The third-order valence-electron chi connectivity index (χ3n) is 1.93. The van der Waals surface area contributed by atoms with Gasteiger partial charge in [-0.05, 0) is 25.0 Å². The molecule has 0 radical (unpaired) electrons. The van der Waals surface area contributed by atoms with E-state index >= 15 is 0 Å². The number of aliphatic hydroxyl groups excluding tert-OH is 1. The van der Waals surface area contributed by atoms with Crippen molar-refractivity contribution in [1.82, 2.24) is 0 Å². The van der Waals surface area contributed by atoms with E-state index in [2.05, 4.69) is 28.9 Å². The van der Waals surface area contributed by atoms with Crippen molar-refractivity contribution < 1.29 is 5.11 Å². The fraction of sp³-hybridized carbons (Fsp3) is 0.400. The van der Waals surface area contributed by atoms with Crippen LogP contribution in [-0.2, 0) is 0 Å². The molecule has 0 spiro atoms. The number of halogens is 1. The molecule has 1 nitrogen and oxygen atoms in total. The van der Waals surface area contributed by atoms with Gasteiger partial charge >= 0.3 is 0 Å². The Morgan fingerprint density at radius 1 is 1.42 bits per heavy atom. The van der Waals surface area contributed by atoms with Crippen molar-refractivity contribution >= 4 is 15.9 Å². The van der Waals surface area contributed by atoms with E-state index < -0.39 is 0 Å². The van der Waals surface area contributed by atoms with Crippen molar-refractivity contribution in [3.05, 3.63) is 34.9 Å². The fourth-order valence-electron chi connectivity index (χ4n) is 1.28. The molecule has 1 atom stereocenters. The van der Waals surface area contributed by atoms with E-state index in [1.807, 2.05) is 19.1 Å². The van der Waals surface area contributed by atoms with Crippen LogP contribution in [0.2, 0.25) is 0 Å². The van der Waals surface area contributed by atoms with Gasteiger partial charge in [0.15, 0.2) is 0 Å². The molecule has 1 aromatic rings. The van der Waals surface area contributed by atoms with Crippen LogP contribution < -0.4 is 0 Å². The molecule has 0 saturated heterocycles. The lowest BCUT2D eigenvalue weighted by Crippen LogP contribution is -2.00. The highest BCUT2D eigenvalue weighted by Gasteiger charge is 2.07. The highest BCUT2D eigenvalue weighted by Crippen LogP contribution is 2.19. The lowest BCUT2D eigenvalue weighted by molar-refractivity contribution is 0.204. The first-order valence-corrected chi connectivity index (χ1v) is 5.08. The SMILES string of the molecule is Cc1ccc([C@@H](O)CBr)c(C)c1. The third kappa shape index (κ3) is 2.08. The van der Waals surface area contributed by atoms with E-state index in [-0.39, 0.29) is 6.10 Å². The Kier molecular flexibility index (Phi) is 3.29. The van der Waals surface area contributed by atoms with Crippen molar-refractivity contribution in [3.63, 3.8) is 0 Å². The third-order valence-corrected chi connectivity index (χ3v) is 2.54. The minimum absolute atomic E-state index is 0.384. The Balaban J connectivity index is 3.01. The Bertz CT molecular complexity index is 271. The van der Waals surface area contributed by atoms with Gasteiger partial charge in [0.2, 0.25) is 0 Å². The molecule has 0 aliphatic rings. The summed E-state index contributed by atoms with van der Waals surface area (Å²) in [5, 5.41) is 10.1. The summed E-state index contributed by atoms with van der Waals surface area (Å²) in [5.41, 5.74) is 3.40. The van der Waals surface area contributed by atoms with Crippen LogP contribution >= 0.6 is 15.9 Å². The molecule has 0 bridgehead atoms. The summed E-state index contributed by atoms with van der Waals surface area (Å²) < 4.78 is 0. The minimum atomic E-state index is -0.384. The molecule has 12 heavy (non-hydrogen) atoms. The Morgan fingerprint density at radius 2 is 2.08 bits per heavy atom. The normalized spacial score (nSPS) is 13.0. The van der Waals surface area contributed by atoms with Crippen LogP contribution in [0.25, 0.3) is 0 Å². The molecule has 0 unspecified atom stereocenters. The van der Waals surface area contributed by atoms with E-state index in [4.69, 9.17) is 0 Å². The maximum absolute atomic E-state index is 9.55. The number of alkyl halides is 1. The van der Waals surface area contributed by atoms with Crippen LogP contribution in [0.5, 0.6) is 0 Å². The standard InChI is InChI=1S/C10H13BrO/c1-7-3-4-9(8(2)5-7)10(12)6-11/h3-5,10,12H,6H2,1-2H3/t10-/m0/s1. The maximum atomic E-state index is 9.55. The van der Waals surface area contributed by atoms with Gasteiger partial charge in [0.1, 0.15) is 0 Å². The van der Waals surface area contributed by atoms with Crippen LogP contribution in [0.15, 0.2) is 18.2 Å². The Labute approximate surface area is 81.6 Å². The van der Waals surface area contributed by atoms with Crippen molar-refractivity contribution in [3.8, 4) is 0 Å². The molecule has 66 valence electrons. The lowest BCUT2D eigenvalue weighted by Gasteiger charge is -2.10. The van der Waals surface area contributed by atoms with Crippen LogP contribution in [0.4, 0.5) is 0 Å². The average Bonchev–Trinajstić information content (AvgIpc) is 2.03. The van der Waals surface area contributed by atoms with Gasteiger partial charge in [0, 0.05) is 5.33 Å². The van der Waals surface area contributed by atoms with Crippen molar-refractivity contribution in [2.45, 2.75) is 20.0 Å². The van der Waals surface area contributed by atoms with Crippen molar-refractivity contribution in [1.29, 1.82) is 0 Å². The van der Waals surface area contributed by atoms with E-state index in [9.17, 15) is 5.11 Å². The summed E-state index contributed by atoms with van der Waals surface area (Å²) in [6.07, 6.45) is -0.384. The summed E-state index contributed by atoms with van der Waals surface area (Å²) in [6, 6.07) is 6.09. The van der Waals surface area contributed by atoms with Crippen LogP contribution in [0.1, 0.15) is 22.8 Å². The minimum Gasteiger partial charge on any atom is -0.388 e. The molecule has 0 saturated carbocycles. The zero-order valence-corrected chi connectivity index (χ0v) is 8.93. The van der Waals surface area contributed by atoms with Gasteiger partial charge in [-0.3, -0.25) is 0 Å². The van der Waals surface area contributed by atoms with E-state index in [0.29, 0.717) is 5.33 Å². The summed E-state index contributed by atoms with van der Waals surface area (Å²) in [7, 11) is 0. The molecule has 0 aromatic heterocycles. The smallest absolute Gasteiger partial charge is 0.0889 e. The van der Waals surface area contributed by atoms with Gasteiger partial charge in [-0.2, -0.15) is 0 Å². The van der Waals surface area contributed by atoms with Crippen LogP contribution in [-0.4, -0.2) is 10.4 Å². The molecule has 0 aliphatic carbocycles. The second kappa shape index (κ2) is 4.06. The zero-order chi connectivity index (χ0) is 9.14. The number of hydrogen-bond donors (Lipinski definition) is 1. The number of aryl methyl sites for hydroxylation is 2. The topological polar surface area (TPSA) is 20.2 Å². The second-order valence-electron chi connectivity index (χ2n) is 3.03. The fourth-order valence-corrected chi connectivity index (χ4v) is 1.63. The molecule has 0 aliphatic heterocycles. The van der Waals surface area contributed by atoms with Gasteiger partial charge in [-0.1, -0.05) is 39.7 Å². The van der Waals surface area contributed by atoms with E-state index in [0.717, 1.165) is 11.1 Å². The molecular formula is C10H13BrO. The Morgan fingerprint density at radius 3 is 2.58 bits per heavy atom. The van der Waals surface area contributed by atoms with Crippen molar-refractivity contribution in [2.24, 2.45) is 0 Å². The quantitative estimate of drug-likeness (QED) is 0.773. The largest absolute Gasteiger partial charge is 0.388 e. The van der Waals surface area contributed by atoms with Crippen molar-refractivity contribution in [2.75, 3.05) is 5.33 Å². The number of benzene rings is 1. The molecule has 0 heterocycles. The van der Waals surface area contributed by atoms with Gasteiger partial charge in [0.05, 0.1) is 6.10 Å². The molecule has 1 N–H and O–H groups in total. The molecule has 1 rings (SSSR count). The van der Waals surface area contributed by atoms with Gasteiger partial charge in [-0.25, -0.2) is 0 Å². The van der Waals surface area contributed by atoms with E-state index in [1.165, 1.54) is 5.56 Å². The lowest BCUT2D eigenvalue weighted by atomic mass is 10.0. The monoisotopic (exact) mass is 228 g/mol.